The van der Waals surface area contributed by atoms with Crippen molar-refractivity contribution in [1.82, 2.24) is 5.32 Å². The van der Waals surface area contributed by atoms with E-state index in [1.807, 2.05) is 13.8 Å². The van der Waals surface area contributed by atoms with Crippen LogP contribution in [0.5, 0.6) is 0 Å². The van der Waals surface area contributed by atoms with Crippen LogP contribution in [0.1, 0.15) is 26.7 Å². The van der Waals surface area contributed by atoms with Gasteiger partial charge in [0.1, 0.15) is 9.84 Å². The molecule has 0 spiro atoms. The molecule has 92 valence electrons. The third kappa shape index (κ3) is 8.84. The SMILES string of the molecule is CCNC(C)CCS(=O)(=O)CCCOC. The molecule has 1 unspecified atom stereocenters. The van der Waals surface area contributed by atoms with E-state index in [-0.39, 0.29) is 17.5 Å². The lowest BCUT2D eigenvalue weighted by Gasteiger charge is -2.11. The number of rotatable bonds is 9. The van der Waals surface area contributed by atoms with Gasteiger partial charge in [0, 0.05) is 19.8 Å². The van der Waals surface area contributed by atoms with E-state index in [9.17, 15) is 8.42 Å². The van der Waals surface area contributed by atoms with E-state index in [4.69, 9.17) is 4.74 Å². The van der Waals surface area contributed by atoms with Gasteiger partial charge in [-0.05, 0) is 26.3 Å². The Labute approximate surface area is 93.3 Å². The molecule has 5 heteroatoms. The van der Waals surface area contributed by atoms with Gasteiger partial charge >= 0.3 is 0 Å². The zero-order valence-corrected chi connectivity index (χ0v) is 10.8. The molecular formula is C10H23NO3S. The van der Waals surface area contributed by atoms with Crippen molar-refractivity contribution in [2.75, 3.05) is 31.8 Å². The summed E-state index contributed by atoms with van der Waals surface area (Å²) in [6.45, 7) is 5.42. The molecule has 0 fully saturated rings. The summed E-state index contributed by atoms with van der Waals surface area (Å²) in [7, 11) is -1.30. The topological polar surface area (TPSA) is 55.4 Å². The summed E-state index contributed by atoms with van der Waals surface area (Å²) in [4.78, 5) is 0. The van der Waals surface area contributed by atoms with Gasteiger partial charge in [0.25, 0.3) is 0 Å². The summed E-state index contributed by atoms with van der Waals surface area (Å²) >= 11 is 0. The van der Waals surface area contributed by atoms with Crippen LogP contribution < -0.4 is 5.32 Å². The number of ether oxygens (including phenoxy) is 1. The van der Waals surface area contributed by atoms with Crippen LogP contribution in [0.3, 0.4) is 0 Å². The highest BCUT2D eigenvalue weighted by Crippen LogP contribution is 2.00. The van der Waals surface area contributed by atoms with Gasteiger partial charge in [-0.3, -0.25) is 0 Å². The van der Waals surface area contributed by atoms with E-state index >= 15 is 0 Å². The summed E-state index contributed by atoms with van der Waals surface area (Å²) in [5.41, 5.74) is 0. The van der Waals surface area contributed by atoms with Crippen LogP contribution in [0.2, 0.25) is 0 Å². The van der Waals surface area contributed by atoms with Gasteiger partial charge in [0.05, 0.1) is 11.5 Å². The minimum Gasteiger partial charge on any atom is -0.385 e. The van der Waals surface area contributed by atoms with Crippen molar-refractivity contribution in [2.24, 2.45) is 0 Å². The number of sulfone groups is 1. The lowest BCUT2D eigenvalue weighted by Crippen LogP contribution is -2.28. The standard InChI is InChI=1S/C10H23NO3S/c1-4-11-10(2)6-9-15(12,13)8-5-7-14-3/h10-11H,4-9H2,1-3H3. The third-order valence-electron chi connectivity index (χ3n) is 2.22. The average Bonchev–Trinajstić information content (AvgIpc) is 2.16. The van der Waals surface area contributed by atoms with E-state index in [1.165, 1.54) is 0 Å². The lowest BCUT2D eigenvalue weighted by molar-refractivity contribution is 0.199. The van der Waals surface area contributed by atoms with Gasteiger partial charge < -0.3 is 10.1 Å². The molecule has 1 N–H and O–H groups in total. The second kappa shape index (κ2) is 8.07. The van der Waals surface area contributed by atoms with Crippen molar-refractivity contribution in [2.45, 2.75) is 32.7 Å². The van der Waals surface area contributed by atoms with Crippen LogP contribution in [0.15, 0.2) is 0 Å². The van der Waals surface area contributed by atoms with Gasteiger partial charge in [-0.25, -0.2) is 8.42 Å². The van der Waals surface area contributed by atoms with Crippen LogP contribution in [0, 0.1) is 0 Å². The average molecular weight is 237 g/mol. The minimum atomic E-state index is -2.89. The highest BCUT2D eigenvalue weighted by atomic mass is 32.2. The van der Waals surface area contributed by atoms with Crippen molar-refractivity contribution in [3.63, 3.8) is 0 Å². The van der Waals surface area contributed by atoms with Crippen molar-refractivity contribution in [3.05, 3.63) is 0 Å². The van der Waals surface area contributed by atoms with Crippen molar-refractivity contribution < 1.29 is 13.2 Å². The molecule has 0 aromatic heterocycles. The van der Waals surface area contributed by atoms with Gasteiger partial charge in [0.2, 0.25) is 0 Å². The summed E-state index contributed by atoms with van der Waals surface area (Å²) in [6.07, 6.45) is 1.28. The Balaban J connectivity index is 3.73. The predicted molar refractivity (Wildman–Crippen MR) is 62.9 cm³/mol. The van der Waals surface area contributed by atoms with E-state index < -0.39 is 9.84 Å². The van der Waals surface area contributed by atoms with Crippen LogP contribution in [0.4, 0.5) is 0 Å². The molecule has 0 saturated carbocycles. The van der Waals surface area contributed by atoms with E-state index in [0.29, 0.717) is 19.4 Å². The fraction of sp³-hybridized carbons (Fsp3) is 1.00. The monoisotopic (exact) mass is 237 g/mol. The van der Waals surface area contributed by atoms with Gasteiger partial charge in [-0.1, -0.05) is 6.92 Å². The fourth-order valence-corrected chi connectivity index (χ4v) is 2.81. The van der Waals surface area contributed by atoms with Gasteiger partial charge in [-0.2, -0.15) is 0 Å². The molecule has 0 aromatic carbocycles. The Morgan fingerprint density at radius 3 is 2.53 bits per heavy atom. The molecule has 0 heterocycles. The maximum atomic E-state index is 11.5. The van der Waals surface area contributed by atoms with Gasteiger partial charge in [-0.15, -0.1) is 0 Å². The zero-order valence-electron chi connectivity index (χ0n) is 9.95. The second-order valence-corrected chi connectivity index (χ2v) is 6.05. The maximum Gasteiger partial charge on any atom is 0.150 e. The van der Waals surface area contributed by atoms with Crippen molar-refractivity contribution in [1.29, 1.82) is 0 Å². The second-order valence-electron chi connectivity index (χ2n) is 3.75. The lowest BCUT2D eigenvalue weighted by atomic mass is 10.3. The normalized spacial score (nSPS) is 14.1. The number of nitrogens with one attached hydrogen (secondary N) is 1. The number of hydrogen-bond acceptors (Lipinski definition) is 4. The molecule has 0 amide bonds. The smallest absolute Gasteiger partial charge is 0.150 e. The molecule has 0 aliphatic carbocycles. The first-order valence-corrected chi connectivity index (χ1v) is 7.26. The van der Waals surface area contributed by atoms with Crippen LogP contribution in [0.25, 0.3) is 0 Å². The molecule has 1 atom stereocenters. The highest BCUT2D eigenvalue weighted by Gasteiger charge is 2.12. The molecule has 0 radical (unpaired) electrons. The zero-order chi connectivity index (χ0) is 11.7. The first kappa shape index (κ1) is 14.9. The van der Waals surface area contributed by atoms with Crippen LogP contribution in [-0.2, 0) is 14.6 Å². The summed E-state index contributed by atoms with van der Waals surface area (Å²) in [5, 5.41) is 3.20. The molecule has 4 nitrogen and oxygen atoms in total. The Hall–Kier alpha value is -0.130. The number of methoxy groups -OCH3 is 1. The van der Waals surface area contributed by atoms with E-state index in [1.54, 1.807) is 7.11 Å². The summed E-state index contributed by atoms with van der Waals surface area (Å²) < 4.78 is 27.9. The first-order valence-electron chi connectivity index (χ1n) is 5.44. The minimum absolute atomic E-state index is 0.236. The molecule has 0 aromatic rings. The molecule has 0 aliphatic heterocycles. The molecule has 0 bridgehead atoms. The third-order valence-corrected chi connectivity index (χ3v) is 3.99. The van der Waals surface area contributed by atoms with Gasteiger partial charge in [0.15, 0.2) is 0 Å². The van der Waals surface area contributed by atoms with E-state index in [2.05, 4.69) is 5.32 Å². The van der Waals surface area contributed by atoms with Crippen molar-refractivity contribution in [3.8, 4) is 0 Å². The Morgan fingerprint density at radius 2 is 2.00 bits per heavy atom. The van der Waals surface area contributed by atoms with Crippen LogP contribution in [-0.4, -0.2) is 46.2 Å². The highest BCUT2D eigenvalue weighted by molar-refractivity contribution is 7.91. The predicted octanol–water partition coefficient (Wildman–Crippen LogP) is 0.826. The molecular weight excluding hydrogens is 214 g/mol. The Morgan fingerprint density at radius 1 is 1.33 bits per heavy atom. The quantitative estimate of drug-likeness (QED) is 0.603. The van der Waals surface area contributed by atoms with Crippen molar-refractivity contribution >= 4 is 9.84 Å². The number of hydrogen-bond donors (Lipinski definition) is 1. The molecule has 0 saturated heterocycles. The Kier molecular flexibility index (Phi) is 8.00. The first-order chi connectivity index (χ1) is 7.02. The molecule has 0 aliphatic rings. The molecule has 15 heavy (non-hydrogen) atoms. The molecule has 0 rings (SSSR count). The largest absolute Gasteiger partial charge is 0.385 e. The maximum absolute atomic E-state index is 11.5. The summed E-state index contributed by atoms with van der Waals surface area (Å²) in [6, 6.07) is 0.271. The fourth-order valence-electron chi connectivity index (χ4n) is 1.33. The Bertz CT molecular complexity index is 239. The van der Waals surface area contributed by atoms with E-state index in [0.717, 1.165) is 6.54 Å². The summed E-state index contributed by atoms with van der Waals surface area (Å²) in [5.74, 6) is 0.505. The van der Waals surface area contributed by atoms with Crippen LogP contribution >= 0.6 is 0 Å².